The second-order valence-corrected chi connectivity index (χ2v) is 5.20. The number of halogens is 1. The molecule has 1 fully saturated rings. The number of benzene rings is 1. The van der Waals surface area contributed by atoms with Gasteiger partial charge in [0, 0.05) is 17.8 Å². The van der Waals surface area contributed by atoms with Gasteiger partial charge in [-0.25, -0.2) is 9.37 Å². The Morgan fingerprint density at radius 2 is 1.94 bits per heavy atom. The van der Waals surface area contributed by atoms with Crippen LogP contribution in [-0.4, -0.2) is 9.55 Å². The van der Waals surface area contributed by atoms with Gasteiger partial charge in [-0.3, -0.25) is 0 Å². The van der Waals surface area contributed by atoms with E-state index in [2.05, 4.69) is 22.7 Å². The molecule has 0 N–H and O–H groups in total. The van der Waals surface area contributed by atoms with Crippen LogP contribution in [0, 0.1) is 18.7 Å². The lowest BCUT2D eigenvalue weighted by Gasteiger charge is -2.15. The Hall–Kier alpha value is -1.64. The monoisotopic (exact) mass is 244 g/mol. The first-order valence-corrected chi connectivity index (χ1v) is 6.46. The molecule has 1 heterocycles. The van der Waals surface area contributed by atoms with Gasteiger partial charge in [0.1, 0.15) is 11.6 Å². The highest BCUT2D eigenvalue weighted by Crippen LogP contribution is 2.41. The quantitative estimate of drug-likeness (QED) is 0.798. The molecule has 2 aromatic rings. The van der Waals surface area contributed by atoms with Crippen LogP contribution in [-0.2, 0) is 0 Å². The third kappa shape index (κ3) is 2.05. The highest BCUT2D eigenvalue weighted by Gasteiger charge is 2.30. The predicted molar refractivity (Wildman–Crippen MR) is 69.8 cm³/mol. The molecule has 0 saturated heterocycles. The van der Waals surface area contributed by atoms with Gasteiger partial charge in [-0.2, -0.15) is 0 Å². The maximum absolute atomic E-state index is 13.0. The van der Waals surface area contributed by atoms with E-state index in [-0.39, 0.29) is 5.82 Å². The number of aromatic nitrogens is 2. The Bertz CT molecular complexity index is 552. The average molecular weight is 244 g/mol. The van der Waals surface area contributed by atoms with Crippen LogP contribution in [0.2, 0.25) is 0 Å². The summed E-state index contributed by atoms with van der Waals surface area (Å²) >= 11 is 0. The van der Waals surface area contributed by atoms with Gasteiger partial charge in [0.2, 0.25) is 0 Å². The molecule has 1 aliphatic carbocycles. The number of nitrogens with zero attached hydrogens (tertiary/aromatic N) is 2. The lowest BCUT2D eigenvalue weighted by molar-refractivity contribution is 0.490. The van der Waals surface area contributed by atoms with Crippen molar-refractivity contribution in [2.75, 3.05) is 0 Å². The first-order chi connectivity index (χ1) is 8.65. The number of hydrogen-bond acceptors (Lipinski definition) is 1. The van der Waals surface area contributed by atoms with Crippen LogP contribution in [0.15, 0.2) is 30.5 Å². The van der Waals surface area contributed by atoms with Gasteiger partial charge in [0.15, 0.2) is 0 Å². The van der Waals surface area contributed by atoms with Crippen LogP contribution in [0.3, 0.4) is 0 Å². The van der Waals surface area contributed by atoms with Gasteiger partial charge in [-0.15, -0.1) is 0 Å². The van der Waals surface area contributed by atoms with E-state index in [4.69, 9.17) is 0 Å². The molecule has 2 nitrogen and oxygen atoms in total. The maximum atomic E-state index is 13.0. The first kappa shape index (κ1) is 11.5. The molecule has 1 aliphatic rings. The summed E-state index contributed by atoms with van der Waals surface area (Å²) in [4.78, 5) is 4.58. The van der Waals surface area contributed by atoms with Gasteiger partial charge in [0.25, 0.3) is 0 Å². The van der Waals surface area contributed by atoms with E-state index >= 15 is 0 Å². The molecule has 1 saturated carbocycles. The SMILES string of the molecule is Cc1cn(C(C)C2CC2)c(-c2ccc(F)cc2)n1. The highest BCUT2D eigenvalue weighted by molar-refractivity contribution is 5.56. The Morgan fingerprint density at radius 3 is 2.56 bits per heavy atom. The second kappa shape index (κ2) is 4.23. The Labute approximate surface area is 106 Å². The van der Waals surface area contributed by atoms with Gasteiger partial charge in [0.05, 0.1) is 5.69 Å². The Balaban J connectivity index is 2.02. The van der Waals surface area contributed by atoms with Crippen LogP contribution < -0.4 is 0 Å². The molecule has 94 valence electrons. The van der Waals surface area contributed by atoms with Gasteiger partial charge >= 0.3 is 0 Å². The van der Waals surface area contributed by atoms with Crippen molar-refractivity contribution in [3.05, 3.63) is 42.0 Å². The van der Waals surface area contributed by atoms with E-state index in [1.165, 1.54) is 25.0 Å². The minimum absolute atomic E-state index is 0.205. The summed E-state index contributed by atoms with van der Waals surface area (Å²) in [5.74, 6) is 1.52. The van der Waals surface area contributed by atoms with Crippen LogP contribution in [0.4, 0.5) is 4.39 Å². The van der Waals surface area contributed by atoms with Crippen molar-refractivity contribution in [1.29, 1.82) is 0 Å². The Morgan fingerprint density at radius 1 is 1.28 bits per heavy atom. The van der Waals surface area contributed by atoms with Crippen LogP contribution >= 0.6 is 0 Å². The molecule has 1 aromatic heterocycles. The van der Waals surface area contributed by atoms with Crippen molar-refractivity contribution in [2.24, 2.45) is 5.92 Å². The average Bonchev–Trinajstić information content (AvgIpc) is 3.13. The van der Waals surface area contributed by atoms with Crippen molar-refractivity contribution in [2.45, 2.75) is 32.7 Å². The number of aryl methyl sites for hydroxylation is 1. The third-order valence-corrected chi connectivity index (χ3v) is 3.70. The standard InChI is InChI=1S/C15H17FN2/c1-10-9-18(11(2)12-3-4-12)15(17-10)13-5-7-14(16)8-6-13/h5-9,11-12H,3-4H2,1-2H3. The van der Waals surface area contributed by atoms with Crippen LogP contribution in [0.25, 0.3) is 11.4 Å². The van der Waals surface area contributed by atoms with E-state index in [0.717, 1.165) is 23.0 Å². The molecule has 1 atom stereocenters. The van der Waals surface area contributed by atoms with E-state index in [1.807, 2.05) is 6.92 Å². The summed E-state index contributed by atoms with van der Waals surface area (Å²) in [5.41, 5.74) is 2.00. The summed E-state index contributed by atoms with van der Waals surface area (Å²) in [6, 6.07) is 7.06. The van der Waals surface area contributed by atoms with Crippen molar-refractivity contribution in [3.8, 4) is 11.4 Å². The molecule has 0 radical (unpaired) electrons. The summed E-state index contributed by atoms with van der Waals surface area (Å²) in [7, 11) is 0. The fourth-order valence-corrected chi connectivity index (χ4v) is 2.44. The molecular formula is C15H17FN2. The molecule has 1 unspecified atom stereocenters. The van der Waals surface area contributed by atoms with Crippen molar-refractivity contribution in [1.82, 2.24) is 9.55 Å². The first-order valence-electron chi connectivity index (χ1n) is 6.46. The zero-order valence-corrected chi connectivity index (χ0v) is 10.7. The van der Waals surface area contributed by atoms with Crippen molar-refractivity contribution < 1.29 is 4.39 Å². The van der Waals surface area contributed by atoms with Gasteiger partial charge in [-0.1, -0.05) is 0 Å². The summed E-state index contributed by atoms with van der Waals surface area (Å²) in [6.07, 6.45) is 4.71. The highest BCUT2D eigenvalue weighted by atomic mass is 19.1. The van der Waals surface area contributed by atoms with Crippen molar-refractivity contribution in [3.63, 3.8) is 0 Å². The summed E-state index contributed by atoms with van der Waals surface area (Å²) < 4.78 is 15.2. The minimum Gasteiger partial charge on any atom is -0.328 e. The normalized spacial score (nSPS) is 16.8. The molecule has 3 heteroatoms. The molecule has 0 aliphatic heterocycles. The molecular weight excluding hydrogens is 227 g/mol. The van der Waals surface area contributed by atoms with Gasteiger partial charge in [-0.05, 0) is 56.9 Å². The van der Waals surface area contributed by atoms with Crippen LogP contribution in [0.5, 0.6) is 0 Å². The molecule has 0 amide bonds. The number of rotatable bonds is 3. The lowest BCUT2D eigenvalue weighted by Crippen LogP contribution is -2.07. The topological polar surface area (TPSA) is 17.8 Å². The number of hydrogen-bond donors (Lipinski definition) is 0. The number of imidazole rings is 1. The molecule has 0 spiro atoms. The fourth-order valence-electron chi connectivity index (χ4n) is 2.44. The molecule has 18 heavy (non-hydrogen) atoms. The molecule has 0 bridgehead atoms. The zero-order chi connectivity index (χ0) is 12.7. The largest absolute Gasteiger partial charge is 0.328 e. The fraction of sp³-hybridized carbons (Fsp3) is 0.400. The molecule has 1 aromatic carbocycles. The van der Waals surface area contributed by atoms with E-state index < -0.39 is 0 Å². The smallest absolute Gasteiger partial charge is 0.140 e. The third-order valence-electron chi connectivity index (χ3n) is 3.70. The predicted octanol–water partition coefficient (Wildman–Crippen LogP) is 3.97. The van der Waals surface area contributed by atoms with Crippen LogP contribution in [0.1, 0.15) is 31.5 Å². The van der Waals surface area contributed by atoms with E-state index in [9.17, 15) is 4.39 Å². The zero-order valence-electron chi connectivity index (χ0n) is 10.7. The molecule has 3 rings (SSSR count). The van der Waals surface area contributed by atoms with E-state index in [0.29, 0.717) is 6.04 Å². The maximum Gasteiger partial charge on any atom is 0.140 e. The second-order valence-electron chi connectivity index (χ2n) is 5.20. The van der Waals surface area contributed by atoms with E-state index in [1.54, 1.807) is 12.1 Å². The minimum atomic E-state index is -0.205. The lowest BCUT2D eigenvalue weighted by atomic mass is 10.1. The summed E-state index contributed by atoms with van der Waals surface area (Å²) in [5, 5.41) is 0. The summed E-state index contributed by atoms with van der Waals surface area (Å²) in [6.45, 7) is 4.24. The van der Waals surface area contributed by atoms with Gasteiger partial charge < -0.3 is 4.57 Å². The Kier molecular flexibility index (Phi) is 2.69. The van der Waals surface area contributed by atoms with Crippen molar-refractivity contribution >= 4 is 0 Å².